The van der Waals surface area contributed by atoms with Crippen LogP contribution in [0.1, 0.15) is 5.69 Å². The van der Waals surface area contributed by atoms with E-state index in [-0.39, 0.29) is 5.69 Å². The van der Waals surface area contributed by atoms with Crippen molar-refractivity contribution in [1.29, 1.82) is 0 Å². The second-order valence-electron chi connectivity index (χ2n) is 3.59. The molecule has 0 radical (unpaired) electrons. The monoisotopic (exact) mass is 242 g/mol. The standard InChI is InChI=1S/C12H11N5O/c1-9-11(15-16-13)12(18)14-7-8-17(9)10-5-3-2-4-6-10/h2-8H,1H3,(H-,13,14,15,18)/p+1. The number of aromatic nitrogens is 2. The molecule has 1 aromatic heterocycles. The molecule has 90 valence electrons. The van der Waals surface area contributed by atoms with Gasteiger partial charge in [0.25, 0.3) is 0 Å². The maximum atomic E-state index is 11.7. The number of nitrogens with zero attached hydrogens (tertiary/aromatic N) is 4. The summed E-state index contributed by atoms with van der Waals surface area (Å²) in [6, 6.07) is 9.57. The summed E-state index contributed by atoms with van der Waals surface area (Å²) in [6.45, 7) is 1.76. The zero-order chi connectivity index (χ0) is 13.0. The van der Waals surface area contributed by atoms with Gasteiger partial charge in [-0.1, -0.05) is 23.4 Å². The third kappa shape index (κ3) is 2.22. The Balaban J connectivity index is 2.75. The largest absolute Gasteiger partial charge is 0.305 e. The summed E-state index contributed by atoms with van der Waals surface area (Å²) in [5, 5.41) is 6.80. The van der Waals surface area contributed by atoms with Crippen LogP contribution < -0.4 is 16.0 Å². The van der Waals surface area contributed by atoms with Gasteiger partial charge in [0.2, 0.25) is 17.1 Å². The first-order valence-corrected chi connectivity index (χ1v) is 5.32. The molecule has 2 rings (SSSR count). The molecule has 18 heavy (non-hydrogen) atoms. The lowest BCUT2D eigenvalue weighted by atomic mass is 10.3. The van der Waals surface area contributed by atoms with Crippen molar-refractivity contribution in [3.63, 3.8) is 0 Å². The molecule has 0 saturated heterocycles. The zero-order valence-electron chi connectivity index (χ0n) is 9.82. The number of hydrogen-bond donors (Lipinski definition) is 1. The van der Waals surface area contributed by atoms with Gasteiger partial charge in [-0.25, -0.2) is 4.98 Å². The molecule has 0 unspecified atom stereocenters. The maximum absolute atomic E-state index is 11.7. The Bertz CT molecular complexity index is 640. The fourth-order valence-corrected chi connectivity index (χ4v) is 1.65. The smallest absolute Gasteiger partial charge is 0.304 e. The van der Waals surface area contributed by atoms with Gasteiger partial charge in [-0.2, -0.15) is 4.57 Å². The molecule has 0 fully saturated rings. The van der Waals surface area contributed by atoms with E-state index in [2.05, 4.69) is 15.3 Å². The Morgan fingerprint density at radius 1 is 1.28 bits per heavy atom. The highest BCUT2D eigenvalue weighted by molar-refractivity contribution is 5.35. The summed E-state index contributed by atoms with van der Waals surface area (Å²) in [7, 11) is 0. The van der Waals surface area contributed by atoms with Gasteiger partial charge in [0.05, 0.1) is 6.20 Å². The predicted molar refractivity (Wildman–Crippen MR) is 65.5 cm³/mol. The van der Waals surface area contributed by atoms with Crippen molar-refractivity contribution >= 4 is 5.69 Å². The number of hydrogen-bond acceptors (Lipinski definition) is 4. The molecule has 0 aliphatic rings. The van der Waals surface area contributed by atoms with Crippen LogP contribution in [0.2, 0.25) is 0 Å². The number of para-hydroxylation sites is 1. The van der Waals surface area contributed by atoms with Crippen LogP contribution in [-0.4, -0.2) is 4.98 Å². The highest BCUT2D eigenvalue weighted by Crippen LogP contribution is 2.08. The number of nitrogens with two attached hydrogens (primary N) is 1. The fourth-order valence-electron chi connectivity index (χ4n) is 1.65. The molecule has 6 nitrogen and oxygen atoms in total. The Labute approximate surface area is 103 Å². The first-order valence-electron chi connectivity index (χ1n) is 5.32. The number of benzene rings is 1. The molecule has 0 spiro atoms. The number of rotatable bonds is 2. The highest BCUT2D eigenvalue weighted by atomic mass is 16.1. The van der Waals surface area contributed by atoms with Crippen LogP contribution in [0.15, 0.2) is 57.9 Å². The van der Waals surface area contributed by atoms with E-state index in [4.69, 9.17) is 5.84 Å². The van der Waals surface area contributed by atoms with Crippen LogP contribution in [0.25, 0.3) is 5.69 Å². The highest BCUT2D eigenvalue weighted by Gasteiger charge is 2.15. The van der Waals surface area contributed by atoms with Gasteiger partial charge >= 0.3 is 5.56 Å². The van der Waals surface area contributed by atoms with Gasteiger partial charge < -0.3 is 5.84 Å². The lowest BCUT2D eigenvalue weighted by Gasteiger charge is -1.96. The lowest BCUT2D eigenvalue weighted by molar-refractivity contribution is -0.601. The molecule has 0 aliphatic heterocycles. The normalized spacial score (nSPS) is 10.7. The van der Waals surface area contributed by atoms with Gasteiger partial charge in [-0.3, -0.25) is 4.79 Å². The average Bonchev–Trinajstić information content (AvgIpc) is 2.53. The SMILES string of the molecule is Cc1c(N=NN)c(=O)ncc[n+]1-c1ccccc1. The Kier molecular flexibility index (Phi) is 3.38. The van der Waals surface area contributed by atoms with Crippen molar-refractivity contribution in [2.75, 3.05) is 0 Å². The van der Waals surface area contributed by atoms with Crippen molar-refractivity contribution < 1.29 is 4.57 Å². The quantitative estimate of drug-likeness (QED) is 0.369. The van der Waals surface area contributed by atoms with Crippen molar-refractivity contribution in [3.05, 3.63) is 58.8 Å². The van der Waals surface area contributed by atoms with Crippen LogP contribution in [0.3, 0.4) is 0 Å². The molecule has 0 atom stereocenters. The van der Waals surface area contributed by atoms with E-state index >= 15 is 0 Å². The van der Waals surface area contributed by atoms with Gasteiger partial charge in [0.15, 0.2) is 6.20 Å². The summed E-state index contributed by atoms with van der Waals surface area (Å²) in [5.74, 6) is 5.01. The minimum absolute atomic E-state index is 0.131. The topological polar surface area (TPSA) is 84.6 Å². The van der Waals surface area contributed by atoms with E-state index in [1.54, 1.807) is 17.7 Å². The average molecular weight is 242 g/mol. The molecule has 0 aliphatic carbocycles. The summed E-state index contributed by atoms with van der Waals surface area (Å²) < 4.78 is 1.80. The molecule has 6 heteroatoms. The molecule has 0 amide bonds. The van der Waals surface area contributed by atoms with Crippen molar-refractivity contribution in [2.24, 2.45) is 16.2 Å². The van der Waals surface area contributed by atoms with Crippen LogP contribution in [-0.2, 0) is 0 Å². The molecule has 0 saturated carbocycles. The van der Waals surface area contributed by atoms with E-state index in [1.807, 2.05) is 30.3 Å². The lowest BCUT2D eigenvalue weighted by Crippen LogP contribution is -2.32. The van der Waals surface area contributed by atoms with Gasteiger partial charge in [-0.05, 0) is 0 Å². The molecule has 2 N–H and O–H groups in total. The third-order valence-corrected chi connectivity index (χ3v) is 2.51. The van der Waals surface area contributed by atoms with Gasteiger partial charge in [0, 0.05) is 19.1 Å². The molecule has 1 heterocycles. The molecule has 2 aromatic rings. The van der Waals surface area contributed by atoms with E-state index in [1.165, 1.54) is 6.20 Å². The Morgan fingerprint density at radius 2 is 2.00 bits per heavy atom. The Morgan fingerprint density at radius 3 is 2.67 bits per heavy atom. The van der Waals surface area contributed by atoms with Crippen molar-refractivity contribution in [3.8, 4) is 5.69 Å². The fraction of sp³-hybridized carbons (Fsp3) is 0.0833. The van der Waals surface area contributed by atoms with Crippen molar-refractivity contribution in [2.45, 2.75) is 6.92 Å². The molecule has 1 aromatic carbocycles. The summed E-state index contributed by atoms with van der Waals surface area (Å²) in [4.78, 5) is 15.4. The van der Waals surface area contributed by atoms with Crippen LogP contribution in [0, 0.1) is 6.92 Å². The first kappa shape index (κ1) is 11.8. The predicted octanol–water partition coefficient (Wildman–Crippen LogP) is 0.984. The minimum atomic E-state index is -0.462. The second kappa shape index (κ2) is 5.13. The van der Waals surface area contributed by atoms with E-state index in [0.717, 1.165) is 5.69 Å². The van der Waals surface area contributed by atoms with E-state index < -0.39 is 5.56 Å². The Hall–Kier alpha value is -2.63. The van der Waals surface area contributed by atoms with Crippen LogP contribution in [0.5, 0.6) is 0 Å². The first-order chi connectivity index (χ1) is 8.74. The van der Waals surface area contributed by atoms with E-state index in [0.29, 0.717) is 5.69 Å². The molecule has 0 bridgehead atoms. The van der Waals surface area contributed by atoms with E-state index in [9.17, 15) is 4.79 Å². The van der Waals surface area contributed by atoms with Gasteiger partial charge in [0.1, 0.15) is 0 Å². The molecular weight excluding hydrogens is 230 g/mol. The second-order valence-corrected chi connectivity index (χ2v) is 3.59. The minimum Gasteiger partial charge on any atom is -0.305 e. The summed E-state index contributed by atoms with van der Waals surface area (Å²) >= 11 is 0. The molecular formula is C12H12N5O+. The van der Waals surface area contributed by atoms with Gasteiger partial charge in [-0.15, -0.1) is 5.11 Å². The third-order valence-electron chi connectivity index (χ3n) is 2.51. The summed E-state index contributed by atoms with van der Waals surface area (Å²) in [5.41, 5.74) is 1.20. The van der Waals surface area contributed by atoms with Crippen LogP contribution in [0.4, 0.5) is 5.69 Å². The van der Waals surface area contributed by atoms with Crippen LogP contribution >= 0.6 is 0 Å². The zero-order valence-corrected chi connectivity index (χ0v) is 9.82. The summed E-state index contributed by atoms with van der Waals surface area (Å²) in [6.07, 6.45) is 3.12. The maximum Gasteiger partial charge on any atom is 0.304 e. The van der Waals surface area contributed by atoms with Crippen molar-refractivity contribution in [1.82, 2.24) is 4.98 Å².